The van der Waals surface area contributed by atoms with Crippen LogP contribution >= 0.6 is 15.9 Å². The lowest BCUT2D eigenvalue weighted by atomic mass is 9.86. The van der Waals surface area contributed by atoms with Gasteiger partial charge in [-0.2, -0.15) is 9.78 Å². The second-order valence-electron chi connectivity index (χ2n) is 6.92. The van der Waals surface area contributed by atoms with Gasteiger partial charge < -0.3 is 0 Å². The zero-order valence-electron chi connectivity index (χ0n) is 14.0. The zero-order valence-corrected chi connectivity index (χ0v) is 15.6. The molecular formula is C19H18BrFN2O. The van der Waals surface area contributed by atoms with E-state index < -0.39 is 11.4 Å². The molecule has 0 aliphatic heterocycles. The normalized spacial score (nSPS) is 11.9. The summed E-state index contributed by atoms with van der Waals surface area (Å²) in [6, 6.07) is 8.79. The van der Waals surface area contributed by atoms with E-state index in [4.69, 9.17) is 0 Å². The number of aromatic nitrogens is 2. The highest BCUT2D eigenvalue weighted by Gasteiger charge is 2.19. The number of fused-ring (bicyclic) bond motifs is 1. The van der Waals surface area contributed by atoms with Crippen molar-refractivity contribution < 1.29 is 4.39 Å². The average Bonchev–Trinajstić information content (AvgIpc) is 2.49. The molecule has 3 aromatic rings. The summed E-state index contributed by atoms with van der Waals surface area (Å²) in [6.45, 7) is 7.91. The van der Waals surface area contributed by atoms with E-state index in [2.05, 4.69) is 21.0 Å². The minimum absolute atomic E-state index is 0.0670. The van der Waals surface area contributed by atoms with Crippen molar-refractivity contribution in [1.29, 1.82) is 0 Å². The Morgan fingerprint density at radius 2 is 1.92 bits per heavy atom. The highest BCUT2D eigenvalue weighted by Crippen LogP contribution is 2.27. The molecule has 0 saturated carbocycles. The maximum absolute atomic E-state index is 14.7. The predicted molar refractivity (Wildman–Crippen MR) is 98.4 cm³/mol. The second-order valence-corrected chi connectivity index (χ2v) is 7.77. The molecule has 0 N–H and O–H groups in total. The summed E-state index contributed by atoms with van der Waals surface area (Å²) in [6.07, 6.45) is 1.55. The Morgan fingerprint density at radius 1 is 1.21 bits per heavy atom. The summed E-state index contributed by atoms with van der Waals surface area (Å²) in [7, 11) is 0. The summed E-state index contributed by atoms with van der Waals surface area (Å²) in [5, 5.41) is 4.85. The van der Waals surface area contributed by atoms with E-state index >= 15 is 0 Å². The van der Waals surface area contributed by atoms with Crippen LogP contribution in [0.4, 0.5) is 4.39 Å². The number of halogens is 2. The molecule has 0 bridgehead atoms. The van der Waals surface area contributed by atoms with Gasteiger partial charge in [-0.05, 0) is 47.7 Å². The molecule has 0 fully saturated rings. The molecule has 0 atom stereocenters. The fourth-order valence-electron chi connectivity index (χ4n) is 2.66. The first-order chi connectivity index (χ1) is 11.2. The fraction of sp³-hybridized carbons (Fsp3) is 0.263. The summed E-state index contributed by atoms with van der Waals surface area (Å²) in [5.74, 6) is -0.508. The molecule has 0 aliphatic carbocycles. The molecule has 24 heavy (non-hydrogen) atoms. The van der Waals surface area contributed by atoms with E-state index in [0.29, 0.717) is 11.1 Å². The van der Waals surface area contributed by atoms with E-state index in [1.54, 1.807) is 12.3 Å². The topological polar surface area (TPSA) is 34.9 Å². The van der Waals surface area contributed by atoms with Crippen LogP contribution < -0.4 is 5.56 Å². The molecular weight excluding hydrogens is 371 g/mol. The summed E-state index contributed by atoms with van der Waals surface area (Å²) in [5.41, 5.74) is 1.69. The van der Waals surface area contributed by atoms with E-state index in [1.807, 2.05) is 45.9 Å². The molecule has 0 radical (unpaired) electrons. The Kier molecular flexibility index (Phi) is 4.08. The predicted octanol–water partition coefficient (Wildman–Crippen LogP) is 4.89. The van der Waals surface area contributed by atoms with Crippen molar-refractivity contribution in [1.82, 2.24) is 9.78 Å². The summed E-state index contributed by atoms with van der Waals surface area (Å²) < 4.78 is 16.8. The molecule has 0 unspecified atom stereocenters. The van der Waals surface area contributed by atoms with Crippen molar-refractivity contribution in [2.75, 3.05) is 0 Å². The summed E-state index contributed by atoms with van der Waals surface area (Å²) in [4.78, 5) is 12.8. The third-order valence-corrected chi connectivity index (χ3v) is 5.03. The molecule has 1 aromatic heterocycles. The molecule has 5 heteroatoms. The smallest absolute Gasteiger partial charge is 0.267 e. The molecule has 1 heterocycles. The Labute approximate surface area is 148 Å². The van der Waals surface area contributed by atoms with Gasteiger partial charge in [0.15, 0.2) is 0 Å². The van der Waals surface area contributed by atoms with Crippen LogP contribution in [0.1, 0.15) is 31.9 Å². The minimum Gasteiger partial charge on any atom is -0.267 e. The average molecular weight is 389 g/mol. The van der Waals surface area contributed by atoms with Gasteiger partial charge in [-0.15, -0.1) is 0 Å². The minimum atomic E-state index is -0.508. The molecule has 0 aliphatic rings. The first kappa shape index (κ1) is 16.8. The van der Waals surface area contributed by atoms with Crippen molar-refractivity contribution in [3.8, 4) is 5.69 Å². The molecule has 0 amide bonds. The molecule has 3 rings (SSSR count). The lowest BCUT2D eigenvalue weighted by Gasteiger charge is -2.20. The molecule has 0 spiro atoms. The number of hydrogen-bond donors (Lipinski definition) is 0. The molecule has 0 saturated heterocycles. The number of benzene rings is 2. The first-order valence-corrected chi connectivity index (χ1v) is 8.47. The van der Waals surface area contributed by atoms with Gasteiger partial charge in [-0.3, -0.25) is 4.79 Å². The van der Waals surface area contributed by atoms with Crippen molar-refractivity contribution in [3.05, 3.63) is 68.3 Å². The number of rotatable bonds is 1. The van der Waals surface area contributed by atoms with Crippen molar-refractivity contribution in [2.24, 2.45) is 0 Å². The molecule has 2 aromatic carbocycles. The zero-order chi connectivity index (χ0) is 17.6. The van der Waals surface area contributed by atoms with Crippen LogP contribution in [0, 0.1) is 12.7 Å². The second kappa shape index (κ2) is 5.81. The maximum Gasteiger partial charge on any atom is 0.282 e. The van der Waals surface area contributed by atoms with Crippen LogP contribution in [0.2, 0.25) is 0 Å². The van der Waals surface area contributed by atoms with Gasteiger partial charge in [0.2, 0.25) is 0 Å². The number of nitrogens with zero attached hydrogens (tertiary/aromatic N) is 2. The van der Waals surface area contributed by atoms with Crippen LogP contribution in [0.25, 0.3) is 16.5 Å². The highest BCUT2D eigenvalue weighted by atomic mass is 79.9. The lowest BCUT2D eigenvalue weighted by Crippen LogP contribution is -2.23. The van der Waals surface area contributed by atoms with E-state index in [9.17, 15) is 9.18 Å². The largest absolute Gasteiger partial charge is 0.282 e. The van der Waals surface area contributed by atoms with Gasteiger partial charge in [0.1, 0.15) is 5.82 Å². The SMILES string of the molecule is Cc1c(Br)cccc1-n1ncc2cc(C(C)(C)C)cc(F)c2c1=O. The standard InChI is InChI=1S/C19H18BrFN2O/c1-11-14(20)6-5-7-16(11)23-18(24)17-12(10-22-23)8-13(9-15(17)21)19(2,3)4/h5-10H,1-4H3. The van der Waals surface area contributed by atoms with Gasteiger partial charge in [-0.25, -0.2) is 4.39 Å². The lowest BCUT2D eigenvalue weighted by molar-refractivity contribution is 0.576. The van der Waals surface area contributed by atoms with Gasteiger partial charge in [-0.1, -0.05) is 42.8 Å². The van der Waals surface area contributed by atoms with Gasteiger partial charge in [0.25, 0.3) is 5.56 Å². The third-order valence-electron chi connectivity index (χ3n) is 4.17. The Balaban J connectivity index is 2.32. The van der Waals surface area contributed by atoms with Gasteiger partial charge in [0.05, 0.1) is 17.3 Å². The Morgan fingerprint density at radius 3 is 2.58 bits per heavy atom. The Hall–Kier alpha value is -2.01. The highest BCUT2D eigenvalue weighted by molar-refractivity contribution is 9.10. The van der Waals surface area contributed by atoms with E-state index in [0.717, 1.165) is 15.6 Å². The fourth-order valence-corrected chi connectivity index (χ4v) is 3.02. The number of hydrogen-bond acceptors (Lipinski definition) is 2. The molecule has 124 valence electrons. The van der Waals surface area contributed by atoms with Gasteiger partial charge in [0, 0.05) is 9.86 Å². The maximum atomic E-state index is 14.7. The molecule has 3 nitrogen and oxygen atoms in total. The van der Waals surface area contributed by atoms with Crippen LogP contribution in [-0.2, 0) is 5.41 Å². The Bertz CT molecular complexity index is 1000. The van der Waals surface area contributed by atoms with Crippen LogP contribution in [0.3, 0.4) is 0 Å². The van der Waals surface area contributed by atoms with Crippen molar-refractivity contribution in [2.45, 2.75) is 33.1 Å². The van der Waals surface area contributed by atoms with Crippen LogP contribution in [-0.4, -0.2) is 9.78 Å². The third kappa shape index (κ3) is 2.77. The quantitative estimate of drug-likeness (QED) is 0.594. The van der Waals surface area contributed by atoms with Crippen LogP contribution in [0.15, 0.2) is 45.8 Å². The van der Waals surface area contributed by atoms with Gasteiger partial charge >= 0.3 is 0 Å². The van der Waals surface area contributed by atoms with Crippen LogP contribution in [0.5, 0.6) is 0 Å². The monoisotopic (exact) mass is 388 g/mol. The van der Waals surface area contributed by atoms with E-state index in [-0.39, 0.29) is 10.8 Å². The summed E-state index contributed by atoms with van der Waals surface area (Å²) >= 11 is 3.45. The van der Waals surface area contributed by atoms with E-state index in [1.165, 1.54) is 10.7 Å². The first-order valence-electron chi connectivity index (χ1n) is 7.67. The van der Waals surface area contributed by atoms with Crippen molar-refractivity contribution >= 4 is 26.7 Å². The van der Waals surface area contributed by atoms with Crippen molar-refractivity contribution in [3.63, 3.8) is 0 Å².